The molecule has 0 aliphatic carbocycles. The molecule has 1 aliphatic heterocycles. The average Bonchev–Trinajstić information content (AvgIpc) is 2.51. The molecule has 0 radical (unpaired) electrons. The van der Waals surface area contributed by atoms with Crippen molar-refractivity contribution >= 4 is 0 Å². The summed E-state index contributed by atoms with van der Waals surface area (Å²) in [4.78, 5) is 0. The molecule has 1 aliphatic rings. The summed E-state index contributed by atoms with van der Waals surface area (Å²) in [5.41, 5.74) is 1.67. The first-order valence-corrected chi connectivity index (χ1v) is 6.89. The van der Waals surface area contributed by atoms with Gasteiger partial charge >= 0.3 is 0 Å². The summed E-state index contributed by atoms with van der Waals surface area (Å²) in [6, 6.07) is 10.6. The van der Waals surface area contributed by atoms with E-state index in [0.29, 0.717) is 28.2 Å². The predicted molar refractivity (Wildman–Crippen MR) is 77.2 cm³/mol. The van der Waals surface area contributed by atoms with Crippen molar-refractivity contribution in [1.82, 2.24) is 0 Å². The molecule has 0 saturated carbocycles. The van der Waals surface area contributed by atoms with Crippen molar-refractivity contribution in [2.24, 2.45) is 0 Å². The molecule has 110 valence electrons. The maximum atomic E-state index is 13.7. The topological polar surface area (TPSA) is 38.7 Å². The molecule has 4 heteroatoms. The predicted octanol–water partition coefficient (Wildman–Crippen LogP) is 3.32. The van der Waals surface area contributed by atoms with Gasteiger partial charge in [-0.1, -0.05) is 24.3 Å². The number of rotatable bonds is 2. The second kappa shape index (κ2) is 5.37. The van der Waals surface area contributed by atoms with Crippen LogP contribution >= 0.6 is 0 Å². The Morgan fingerprint density at radius 1 is 1.14 bits per heavy atom. The van der Waals surface area contributed by atoms with Crippen LogP contribution in [-0.2, 0) is 0 Å². The van der Waals surface area contributed by atoms with Crippen molar-refractivity contribution in [3.63, 3.8) is 0 Å². The third-order valence-corrected chi connectivity index (χ3v) is 3.68. The number of hydrogen-bond donors (Lipinski definition) is 1. The zero-order valence-electron chi connectivity index (χ0n) is 12.0. The van der Waals surface area contributed by atoms with Crippen LogP contribution < -0.4 is 9.47 Å². The van der Waals surface area contributed by atoms with E-state index in [9.17, 15) is 9.50 Å². The molecule has 0 aromatic heterocycles. The van der Waals surface area contributed by atoms with E-state index >= 15 is 0 Å². The smallest absolute Gasteiger partial charge is 0.163 e. The van der Waals surface area contributed by atoms with Crippen molar-refractivity contribution in [1.29, 1.82) is 0 Å². The van der Waals surface area contributed by atoms with Crippen LogP contribution in [0.3, 0.4) is 0 Å². The lowest BCUT2D eigenvalue weighted by Gasteiger charge is -2.30. The van der Waals surface area contributed by atoms with E-state index in [1.54, 1.807) is 32.0 Å². The summed E-state index contributed by atoms with van der Waals surface area (Å²) in [7, 11) is 0. The van der Waals surface area contributed by atoms with Gasteiger partial charge in [0.05, 0.1) is 0 Å². The highest BCUT2D eigenvalue weighted by Crippen LogP contribution is 2.34. The van der Waals surface area contributed by atoms with Crippen LogP contribution in [0.2, 0.25) is 0 Å². The fourth-order valence-corrected chi connectivity index (χ4v) is 2.56. The molecule has 2 atom stereocenters. The number of aryl methyl sites for hydroxylation is 2. The van der Waals surface area contributed by atoms with Gasteiger partial charge in [-0.25, -0.2) is 4.39 Å². The van der Waals surface area contributed by atoms with Crippen molar-refractivity contribution < 1.29 is 19.0 Å². The number of aliphatic hydroxyl groups excluding tert-OH is 1. The number of para-hydroxylation sites is 2. The van der Waals surface area contributed by atoms with Crippen LogP contribution in [0.4, 0.5) is 4.39 Å². The number of hydrogen-bond acceptors (Lipinski definition) is 3. The molecule has 1 N–H and O–H groups in total. The van der Waals surface area contributed by atoms with Gasteiger partial charge in [0.2, 0.25) is 0 Å². The lowest BCUT2D eigenvalue weighted by molar-refractivity contribution is -0.0113. The minimum atomic E-state index is -0.864. The lowest BCUT2D eigenvalue weighted by Crippen LogP contribution is -2.35. The van der Waals surface area contributed by atoms with Gasteiger partial charge in [0.1, 0.15) is 18.5 Å². The summed E-state index contributed by atoms with van der Waals surface area (Å²) >= 11 is 0. The standard InChI is InChI=1S/C17H17FO3/c1-10-7-12(8-11(2)16(10)18)17(19)15-9-20-13-5-3-4-6-14(13)21-15/h3-8,15,17,19H,9H2,1-2H3. The van der Waals surface area contributed by atoms with Gasteiger partial charge in [-0.3, -0.25) is 0 Å². The normalized spacial score (nSPS) is 18.4. The molecule has 2 aromatic rings. The van der Waals surface area contributed by atoms with Crippen LogP contribution in [-0.4, -0.2) is 17.8 Å². The van der Waals surface area contributed by atoms with Gasteiger partial charge in [-0.05, 0) is 42.7 Å². The SMILES string of the molecule is Cc1cc(C(O)C2COc3ccccc3O2)cc(C)c1F. The molecule has 0 bridgehead atoms. The molecule has 2 unspecified atom stereocenters. The maximum Gasteiger partial charge on any atom is 0.163 e. The quantitative estimate of drug-likeness (QED) is 0.921. The minimum absolute atomic E-state index is 0.239. The summed E-state index contributed by atoms with van der Waals surface area (Å²) in [5.74, 6) is 1.05. The summed E-state index contributed by atoms with van der Waals surface area (Å²) in [6.45, 7) is 3.63. The Bertz CT molecular complexity index is 646. The largest absolute Gasteiger partial charge is 0.486 e. The molecule has 3 rings (SSSR count). The number of ether oxygens (including phenoxy) is 2. The lowest BCUT2D eigenvalue weighted by atomic mass is 9.99. The van der Waals surface area contributed by atoms with Crippen LogP contribution in [0.25, 0.3) is 0 Å². The molecule has 0 saturated heterocycles. The van der Waals surface area contributed by atoms with E-state index in [-0.39, 0.29) is 12.4 Å². The Hall–Kier alpha value is -2.07. The Morgan fingerprint density at radius 2 is 1.76 bits per heavy atom. The fraction of sp³-hybridized carbons (Fsp3) is 0.294. The molecule has 0 spiro atoms. The zero-order valence-corrected chi connectivity index (χ0v) is 12.0. The third kappa shape index (κ3) is 2.59. The highest BCUT2D eigenvalue weighted by Gasteiger charge is 2.29. The number of halogens is 1. The summed E-state index contributed by atoms with van der Waals surface area (Å²) < 4.78 is 25.1. The molecular formula is C17H17FO3. The Morgan fingerprint density at radius 3 is 2.43 bits per heavy atom. The van der Waals surface area contributed by atoms with Gasteiger partial charge in [0.25, 0.3) is 0 Å². The monoisotopic (exact) mass is 288 g/mol. The zero-order chi connectivity index (χ0) is 15.0. The van der Waals surface area contributed by atoms with E-state index in [0.717, 1.165) is 0 Å². The Labute approximate surface area is 122 Å². The van der Waals surface area contributed by atoms with Crippen LogP contribution in [0.15, 0.2) is 36.4 Å². The van der Waals surface area contributed by atoms with Crippen LogP contribution in [0.5, 0.6) is 11.5 Å². The van der Waals surface area contributed by atoms with E-state index in [2.05, 4.69) is 0 Å². The van der Waals surface area contributed by atoms with E-state index in [1.165, 1.54) is 0 Å². The van der Waals surface area contributed by atoms with Gasteiger partial charge in [0, 0.05) is 0 Å². The molecule has 3 nitrogen and oxygen atoms in total. The van der Waals surface area contributed by atoms with E-state index in [4.69, 9.17) is 9.47 Å². The summed E-state index contributed by atoms with van der Waals surface area (Å²) in [6.07, 6.45) is -1.37. The highest BCUT2D eigenvalue weighted by atomic mass is 19.1. The molecule has 1 heterocycles. The third-order valence-electron chi connectivity index (χ3n) is 3.68. The first-order chi connectivity index (χ1) is 10.1. The Kier molecular flexibility index (Phi) is 3.55. The number of benzene rings is 2. The van der Waals surface area contributed by atoms with Gasteiger partial charge in [0.15, 0.2) is 17.6 Å². The number of aliphatic hydroxyl groups is 1. The first-order valence-electron chi connectivity index (χ1n) is 6.89. The fourth-order valence-electron chi connectivity index (χ4n) is 2.56. The molecule has 0 amide bonds. The van der Waals surface area contributed by atoms with Crippen LogP contribution in [0.1, 0.15) is 22.8 Å². The van der Waals surface area contributed by atoms with Crippen LogP contribution in [0, 0.1) is 19.7 Å². The molecular weight excluding hydrogens is 271 g/mol. The number of fused-ring (bicyclic) bond motifs is 1. The van der Waals surface area contributed by atoms with Gasteiger partial charge in [-0.2, -0.15) is 0 Å². The second-order valence-electron chi connectivity index (χ2n) is 5.33. The maximum absolute atomic E-state index is 13.7. The van der Waals surface area contributed by atoms with Crippen molar-refractivity contribution in [3.05, 3.63) is 58.9 Å². The average molecular weight is 288 g/mol. The van der Waals surface area contributed by atoms with E-state index in [1.807, 2.05) is 18.2 Å². The molecule has 2 aromatic carbocycles. The first kappa shape index (κ1) is 13.9. The molecule has 21 heavy (non-hydrogen) atoms. The minimum Gasteiger partial charge on any atom is -0.486 e. The van der Waals surface area contributed by atoms with Crippen molar-refractivity contribution in [3.8, 4) is 11.5 Å². The van der Waals surface area contributed by atoms with Crippen molar-refractivity contribution in [2.75, 3.05) is 6.61 Å². The second-order valence-corrected chi connectivity index (χ2v) is 5.33. The van der Waals surface area contributed by atoms with E-state index < -0.39 is 12.2 Å². The highest BCUT2D eigenvalue weighted by molar-refractivity contribution is 5.41. The van der Waals surface area contributed by atoms with Crippen molar-refractivity contribution in [2.45, 2.75) is 26.1 Å². The van der Waals surface area contributed by atoms with Gasteiger partial charge < -0.3 is 14.6 Å². The molecule has 0 fully saturated rings. The Balaban J connectivity index is 1.85. The summed E-state index contributed by atoms with van der Waals surface area (Å²) in [5, 5.41) is 10.5. The van der Waals surface area contributed by atoms with Gasteiger partial charge in [-0.15, -0.1) is 0 Å².